The molecule has 0 spiro atoms. The fraction of sp³-hybridized carbons (Fsp3) is 0.357. The average molecular weight is 299 g/mol. The van der Waals surface area contributed by atoms with E-state index in [9.17, 15) is 9.90 Å². The molecule has 0 bridgehead atoms. The van der Waals surface area contributed by atoms with E-state index in [-0.39, 0.29) is 0 Å². The van der Waals surface area contributed by atoms with E-state index in [0.29, 0.717) is 10.0 Å². The Bertz CT molecular complexity index is 504. The average Bonchev–Trinajstić information content (AvgIpc) is 2.36. The third kappa shape index (κ3) is 4.23. The van der Waals surface area contributed by atoms with Crippen molar-refractivity contribution in [3.8, 4) is 0 Å². The van der Waals surface area contributed by atoms with Crippen LogP contribution in [-0.2, 0) is 11.3 Å². The van der Waals surface area contributed by atoms with Crippen LogP contribution >= 0.6 is 23.2 Å². The van der Waals surface area contributed by atoms with Crippen LogP contribution in [0.1, 0.15) is 18.4 Å². The molecular weight excluding hydrogens is 285 g/mol. The maximum atomic E-state index is 10.5. The number of rotatable bonds is 3. The van der Waals surface area contributed by atoms with Gasteiger partial charge in [-0.1, -0.05) is 34.8 Å². The first-order valence-corrected chi connectivity index (χ1v) is 6.87. The lowest BCUT2D eigenvalue weighted by Gasteiger charge is -2.28. The van der Waals surface area contributed by atoms with Gasteiger partial charge in [0.2, 0.25) is 0 Å². The van der Waals surface area contributed by atoms with Gasteiger partial charge in [0.25, 0.3) is 0 Å². The lowest BCUT2D eigenvalue weighted by Crippen LogP contribution is -2.31. The number of hydrogen-bond acceptors (Lipinski definition) is 3. The van der Waals surface area contributed by atoms with Gasteiger partial charge in [-0.15, -0.1) is 0 Å². The van der Waals surface area contributed by atoms with Crippen LogP contribution in [0.5, 0.6) is 0 Å². The Morgan fingerprint density at radius 2 is 1.95 bits per heavy atom. The van der Waals surface area contributed by atoms with Crippen molar-refractivity contribution in [2.45, 2.75) is 19.4 Å². The highest BCUT2D eigenvalue weighted by atomic mass is 35.5. The number of halogens is 2. The molecule has 2 rings (SSSR count). The molecule has 0 radical (unpaired) electrons. The molecule has 3 nitrogen and oxygen atoms in total. The van der Waals surface area contributed by atoms with E-state index in [4.69, 9.17) is 23.2 Å². The second kappa shape index (κ2) is 6.42. The number of piperidine rings is 1. The van der Waals surface area contributed by atoms with Crippen LogP contribution in [0.2, 0.25) is 10.0 Å². The van der Waals surface area contributed by atoms with E-state index in [0.717, 1.165) is 43.6 Å². The van der Waals surface area contributed by atoms with E-state index in [1.165, 1.54) is 6.08 Å². The molecule has 0 atom stereocenters. The normalized spacial score (nSPS) is 16.4. The molecule has 1 heterocycles. The Balaban J connectivity index is 1.92. The SMILES string of the molecule is O=C([O-])C=C1CCN(Cc2ccc(Cl)c(Cl)c2)CC1. The summed E-state index contributed by atoms with van der Waals surface area (Å²) < 4.78 is 0. The fourth-order valence-corrected chi connectivity index (χ4v) is 2.53. The molecule has 1 aliphatic rings. The Labute approximate surface area is 122 Å². The molecule has 1 saturated heterocycles. The molecule has 1 fully saturated rings. The van der Waals surface area contributed by atoms with Crippen molar-refractivity contribution in [3.05, 3.63) is 45.5 Å². The molecule has 0 aromatic heterocycles. The lowest BCUT2D eigenvalue weighted by atomic mass is 10.0. The first-order valence-electron chi connectivity index (χ1n) is 6.11. The lowest BCUT2D eigenvalue weighted by molar-refractivity contribution is -0.297. The number of likely N-dealkylation sites (tertiary alicyclic amines) is 1. The van der Waals surface area contributed by atoms with Crippen molar-refractivity contribution in [1.29, 1.82) is 0 Å². The molecule has 0 unspecified atom stereocenters. The van der Waals surface area contributed by atoms with Gasteiger partial charge in [-0.25, -0.2) is 0 Å². The summed E-state index contributed by atoms with van der Waals surface area (Å²) in [6, 6.07) is 5.63. The molecule has 0 aliphatic carbocycles. The number of benzene rings is 1. The highest BCUT2D eigenvalue weighted by Crippen LogP contribution is 2.24. The van der Waals surface area contributed by atoms with Crippen LogP contribution in [0.3, 0.4) is 0 Å². The van der Waals surface area contributed by atoms with Gasteiger partial charge >= 0.3 is 0 Å². The van der Waals surface area contributed by atoms with Gasteiger partial charge in [-0.3, -0.25) is 4.90 Å². The van der Waals surface area contributed by atoms with Crippen LogP contribution in [0.25, 0.3) is 0 Å². The van der Waals surface area contributed by atoms with Gasteiger partial charge in [0.05, 0.1) is 16.0 Å². The molecule has 1 aromatic carbocycles. The minimum absolute atomic E-state index is 0.559. The Hall–Kier alpha value is -1.03. The molecule has 0 saturated carbocycles. The second-order valence-corrected chi connectivity index (χ2v) is 5.46. The van der Waals surface area contributed by atoms with Gasteiger partial charge in [0, 0.05) is 19.6 Å². The van der Waals surface area contributed by atoms with Gasteiger partial charge in [0.15, 0.2) is 0 Å². The van der Waals surface area contributed by atoms with Crippen molar-refractivity contribution in [2.75, 3.05) is 13.1 Å². The second-order valence-electron chi connectivity index (χ2n) is 4.65. The van der Waals surface area contributed by atoms with E-state index < -0.39 is 5.97 Å². The number of carboxylic acids is 1. The first-order chi connectivity index (χ1) is 9.04. The zero-order valence-corrected chi connectivity index (χ0v) is 11.9. The topological polar surface area (TPSA) is 43.4 Å². The molecular formula is C14H14Cl2NO2-. The minimum Gasteiger partial charge on any atom is -0.545 e. The van der Waals surface area contributed by atoms with Crippen molar-refractivity contribution >= 4 is 29.2 Å². The summed E-state index contributed by atoms with van der Waals surface area (Å²) in [7, 11) is 0. The fourth-order valence-electron chi connectivity index (χ4n) is 2.21. The molecule has 1 aromatic rings. The number of hydrogen-bond donors (Lipinski definition) is 0. The van der Waals surface area contributed by atoms with Gasteiger partial charge < -0.3 is 9.90 Å². The van der Waals surface area contributed by atoms with Crippen LogP contribution in [-0.4, -0.2) is 24.0 Å². The van der Waals surface area contributed by atoms with E-state index >= 15 is 0 Å². The predicted molar refractivity (Wildman–Crippen MR) is 74.1 cm³/mol. The predicted octanol–water partition coefficient (Wildman–Crippen LogP) is 2.27. The van der Waals surface area contributed by atoms with E-state index in [1.54, 1.807) is 6.07 Å². The van der Waals surface area contributed by atoms with Crippen molar-refractivity contribution in [1.82, 2.24) is 4.90 Å². The quantitative estimate of drug-likeness (QED) is 0.804. The summed E-state index contributed by atoms with van der Waals surface area (Å²) in [6.45, 7) is 2.49. The monoisotopic (exact) mass is 298 g/mol. The molecule has 5 heteroatoms. The van der Waals surface area contributed by atoms with Crippen LogP contribution < -0.4 is 5.11 Å². The third-order valence-corrected chi connectivity index (χ3v) is 3.95. The molecule has 19 heavy (non-hydrogen) atoms. The number of nitrogens with zero attached hydrogens (tertiary/aromatic N) is 1. The van der Waals surface area contributed by atoms with Gasteiger partial charge in [-0.05, 0) is 36.6 Å². The Morgan fingerprint density at radius 3 is 2.53 bits per heavy atom. The maximum absolute atomic E-state index is 10.5. The molecule has 0 N–H and O–H groups in total. The molecule has 102 valence electrons. The summed E-state index contributed by atoms with van der Waals surface area (Å²) in [6.07, 6.45) is 2.76. The number of carboxylic acid groups (broad SMARTS) is 1. The smallest absolute Gasteiger partial charge is 0.0642 e. The molecule has 0 amide bonds. The molecule has 1 aliphatic heterocycles. The number of carbonyl (C=O) groups is 1. The summed E-state index contributed by atoms with van der Waals surface area (Å²) in [5.74, 6) is -1.10. The van der Waals surface area contributed by atoms with Gasteiger partial charge in [0.1, 0.15) is 0 Å². The van der Waals surface area contributed by atoms with Crippen LogP contribution in [0, 0.1) is 0 Å². The Kier molecular flexibility index (Phi) is 4.86. The zero-order chi connectivity index (χ0) is 13.8. The first kappa shape index (κ1) is 14.4. The zero-order valence-electron chi connectivity index (χ0n) is 10.4. The van der Waals surface area contributed by atoms with E-state index in [1.807, 2.05) is 12.1 Å². The third-order valence-electron chi connectivity index (χ3n) is 3.21. The number of carbonyl (C=O) groups excluding carboxylic acids is 1. The highest BCUT2D eigenvalue weighted by molar-refractivity contribution is 6.42. The van der Waals surface area contributed by atoms with Crippen molar-refractivity contribution < 1.29 is 9.90 Å². The van der Waals surface area contributed by atoms with E-state index in [2.05, 4.69) is 4.90 Å². The van der Waals surface area contributed by atoms with Crippen LogP contribution in [0.4, 0.5) is 0 Å². The summed E-state index contributed by atoms with van der Waals surface area (Å²) in [4.78, 5) is 12.8. The van der Waals surface area contributed by atoms with Crippen molar-refractivity contribution in [2.24, 2.45) is 0 Å². The number of aliphatic carboxylic acids is 1. The Morgan fingerprint density at radius 1 is 1.26 bits per heavy atom. The summed E-state index contributed by atoms with van der Waals surface area (Å²) >= 11 is 11.9. The highest BCUT2D eigenvalue weighted by Gasteiger charge is 2.14. The maximum Gasteiger partial charge on any atom is 0.0642 e. The minimum atomic E-state index is -1.10. The summed E-state index contributed by atoms with van der Waals surface area (Å²) in [5, 5.41) is 11.6. The van der Waals surface area contributed by atoms with Gasteiger partial charge in [-0.2, -0.15) is 0 Å². The largest absolute Gasteiger partial charge is 0.545 e. The van der Waals surface area contributed by atoms with Crippen molar-refractivity contribution in [3.63, 3.8) is 0 Å². The summed E-state index contributed by atoms with van der Waals surface area (Å²) in [5.41, 5.74) is 2.06. The van der Waals surface area contributed by atoms with Crippen LogP contribution in [0.15, 0.2) is 29.8 Å². The standard InChI is InChI=1S/C14H15Cl2NO2/c15-12-2-1-11(7-13(12)16)9-17-5-3-10(4-6-17)8-14(18)19/h1-2,7-8H,3-6,9H2,(H,18,19)/p-1.